The zero-order chi connectivity index (χ0) is 16.9. The number of hydrogen-bond donors (Lipinski definition) is 0. The lowest BCUT2D eigenvalue weighted by atomic mass is 10.1. The molecule has 1 aliphatic heterocycles. The Morgan fingerprint density at radius 2 is 2.21 bits per heavy atom. The standard InChI is InChI=1S/C19H28N4O/c1-16-6-7-20-19(11-16)23-8-4-5-18(23)14-22-9-10-24-15-17(13-22)12-21(2)3/h4-8,11,17H,9-10,12-15H2,1-3H3. The fourth-order valence-corrected chi connectivity index (χ4v) is 3.37. The first-order valence-corrected chi connectivity index (χ1v) is 8.66. The molecule has 2 aromatic heterocycles. The van der Waals surface area contributed by atoms with E-state index in [0.29, 0.717) is 5.92 Å². The van der Waals surface area contributed by atoms with Gasteiger partial charge >= 0.3 is 0 Å². The Bertz CT molecular complexity index is 652. The van der Waals surface area contributed by atoms with E-state index in [1.165, 1.54) is 11.3 Å². The molecule has 3 heterocycles. The van der Waals surface area contributed by atoms with E-state index in [1.54, 1.807) is 0 Å². The smallest absolute Gasteiger partial charge is 0.137 e. The van der Waals surface area contributed by atoms with Gasteiger partial charge in [0.25, 0.3) is 0 Å². The fraction of sp³-hybridized carbons (Fsp3) is 0.526. The van der Waals surface area contributed by atoms with Crippen molar-refractivity contribution in [1.29, 1.82) is 0 Å². The Labute approximate surface area is 144 Å². The Hall–Kier alpha value is -1.69. The van der Waals surface area contributed by atoms with Crippen LogP contribution in [-0.2, 0) is 11.3 Å². The van der Waals surface area contributed by atoms with E-state index in [4.69, 9.17) is 4.74 Å². The largest absolute Gasteiger partial charge is 0.380 e. The number of nitrogens with zero attached hydrogens (tertiary/aromatic N) is 4. The third-order valence-corrected chi connectivity index (χ3v) is 4.41. The molecule has 0 spiro atoms. The van der Waals surface area contributed by atoms with Crippen LogP contribution >= 0.6 is 0 Å². The highest BCUT2D eigenvalue weighted by molar-refractivity contribution is 5.30. The number of aryl methyl sites for hydroxylation is 1. The van der Waals surface area contributed by atoms with Crippen molar-refractivity contribution >= 4 is 0 Å². The van der Waals surface area contributed by atoms with Crippen molar-refractivity contribution in [2.45, 2.75) is 13.5 Å². The Morgan fingerprint density at radius 3 is 3.00 bits per heavy atom. The summed E-state index contributed by atoms with van der Waals surface area (Å²) in [6.45, 7) is 7.82. The summed E-state index contributed by atoms with van der Waals surface area (Å²) in [5, 5.41) is 0. The lowest BCUT2D eigenvalue weighted by Gasteiger charge is -2.25. The van der Waals surface area contributed by atoms with Gasteiger partial charge < -0.3 is 14.2 Å². The molecule has 1 aliphatic rings. The topological polar surface area (TPSA) is 33.5 Å². The SMILES string of the molecule is Cc1ccnc(-n2cccc2CN2CCOCC(CN(C)C)C2)c1. The highest BCUT2D eigenvalue weighted by Gasteiger charge is 2.20. The first kappa shape index (κ1) is 17.1. The summed E-state index contributed by atoms with van der Waals surface area (Å²) < 4.78 is 7.99. The predicted octanol–water partition coefficient (Wildman–Crippen LogP) is 2.19. The molecule has 0 saturated carbocycles. The maximum atomic E-state index is 5.80. The van der Waals surface area contributed by atoms with Crippen molar-refractivity contribution in [3.8, 4) is 5.82 Å². The van der Waals surface area contributed by atoms with Gasteiger partial charge in [-0.25, -0.2) is 4.98 Å². The van der Waals surface area contributed by atoms with Gasteiger partial charge in [-0.2, -0.15) is 0 Å². The van der Waals surface area contributed by atoms with E-state index in [0.717, 1.165) is 45.2 Å². The molecule has 2 aromatic rings. The molecule has 0 aliphatic carbocycles. The van der Waals surface area contributed by atoms with Gasteiger partial charge in [0.2, 0.25) is 0 Å². The number of hydrogen-bond acceptors (Lipinski definition) is 4. The fourth-order valence-electron chi connectivity index (χ4n) is 3.37. The monoisotopic (exact) mass is 328 g/mol. The summed E-state index contributed by atoms with van der Waals surface area (Å²) in [4.78, 5) is 9.27. The van der Waals surface area contributed by atoms with Crippen LogP contribution in [0.25, 0.3) is 5.82 Å². The van der Waals surface area contributed by atoms with Crippen LogP contribution in [0.1, 0.15) is 11.3 Å². The number of aromatic nitrogens is 2. The number of ether oxygens (including phenoxy) is 1. The molecule has 5 heteroatoms. The third-order valence-electron chi connectivity index (χ3n) is 4.41. The minimum Gasteiger partial charge on any atom is -0.380 e. The Kier molecular flexibility index (Phi) is 5.66. The molecule has 130 valence electrons. The molecule has 5 nitrogen and oxygen atoms in total. The van der Waals surface area contributed by atoms with Crippen LogP contribution < -0.4 is 0 Å². The molecule has 0 radical (unpaired) electrons. The second kappa shape index (κ2) is 7.92. The molecule has 1 atom stereocenters. The maximum Gasteiger partial charge on any atom is 0.137 e. The summed E-state index contributed by atoms with van der Waals surface area (Å²) in [6, 6.07) is 8.45. The van der Waals surface area contributed by atoms with Gasteiger partial charge in [-0.3, -0.25) is 4.90 Å². The van der Waals surface area contributed by atoms with Crippen molar-refractivity contribution in [3.05, 3.63) is 47.9 Å². The van der Waals surface area contributed by atoms with E-state index in [1.807, 2.05) is 12.3 Å². The van der Waals surface area contributed by atoms with Crippen LogP contribution in [0.15, 0.2) is 36.7 Å². The summed E-state index contributed by atoms with van der Waals surface area (Å²) in [6.07, 6.45) is 3.98. The van der Waals surface area contributed by atoms with Gasteiger partial charge in [0, 0.05) is 50.2 Å². The molecular weight excluding hydrogens is 300 g/mol. The molecule has 3 rings (SSSR count). The second-order valence-corrected chi connectivity index (χ2v) is 7.00. The van der Waals surface area contributed by atoms with E-state index >= 15 is 0 Å². The van der Waals surface area contributed by atoms with Gasteiger partial charge in [-0.1, -0.05) is 0 Å². The van der Waals surface area contributed by atoms with E-state index in [2.05, 4.69) is 64.8 Å². The molecule has 1 unspecified atom stereocenters. The van der Waals surface area contributed by atoms with E-state index in [-0.39, 0.29) is 0 Å². The molecule has 0 amide bonds. The average Bonchev–Trinajstić information content (AvgIpc) is 2.87. The minimum absolute atomic E-state index is 0.558. The van der Waals surface area contributed by atoms with Gasteiger partial charge in [-0.05, 0) is 50.8 Å². The van der Waals surface area contributed by atoms with Crippen LogP contribution in [0.5, 0.6) is 0 Å². The van der Waals surface area contributed by atoms with Crippen LogP contribution in [-0.4, -0.2) is 66.3 Å². The first-order chi connectivity index (χ1) is 11.6. The van der Waals surface area contributed by atoms with Crippen molar-refractivity contribution < 1.29 is 4.74 Å². The summed E-state index contributed by atoms with van der Waals surface area (Å²) in [5.74, 6) is 1.55. The lowest BCUT2D eigenvalue weighted by Crippen LogP contribution is -2.34. The average molecular weight is 328 g/mol. The Balaban J connectivity index is 1.73. The van der Waals surface area contributed by atoms with Gasteiger partial charge in [-0.15, -0.1) is 0 Å². The van der Waals surface area contributed by atoms with Crippen LogP contribution in [0.3, 0.4) is 0 Å². The molecule has 0 aromatic carbocycles. The summed E-state index contributed by atoms with van der Waals surface area (Å²) in [5.41, 5.74) is 2.51. The second-order valence-electron chi connectivity index (χ2n) is 7.00. The van der Waals surface area contributed by atoms with E-state index < -0.39 is 0 Å². The van der Waals surface area contributed by atoms with Crippen molar-refractivity contribution in [2.75, 3.05) is 46.9 Å². The molecular formula is C19H28N4O. The molecule has 0 bridgehead atoms. The number of pyridine rings is 1. The van der Waals surface area contributed by atoms with Crippen molar-refractivity contribution in [1.82, 2.24) is 19.4 Å². The first-order valence-electron chi connectivity index (χ1n) is 8.66. The quantitative estimate of drug-likeness (QED) is 0.842. The zero-order valence-electron chi connectivity index (χ0n) is 15.0. The van der Waals surface area contributed by atoms with Gasteiger partial charge in [0.15, 0.2) is 0 Å². The highest BCUT2D eigenvalue weighted by atomic mass is 16.5. The zero-order valence-corrected chi connectivity index (χ0v) is 15.0. The maximum absolute atomic E-state index is 5.80. The molecule has 1 saturated heterocycles. The van der Waals surface area contributed by atoms with E-state index in [9.17, 15) is 0 Å². The van der Waals surface area contributed by atoms with Crippen molar-refractivity contribution in [2.24, 2.45) is 5.92 Å². The Morgan fingerprint density at radius 1 is 1.33 bits per heavy atom. The molecule has 1 fully saturated rings. The summed E-state index contributed by atoms with van der Waals surface area (Å²) >= 11 is 0. The minimum atomic E-state index is 0.558. The normalized spacial score (nSPS) is 19.6. The van der Waals surface area contributed by atoms with Crippen molar-refractivity contribution in [3.63, 3.8) is 0 Å². The van der Waals surface area contributed by atoms with Crippen LogP contribution in [0, 0.1) is 12.8 Å². The predicted molar refractivity (Wildman–Crippen MR) is 96.4 cm³/mol. The highest BCUT2D eigenvalue weighted by Crippen LogP contribution is 2.16. The summed E-state index contributed by atoms with van der Waals surface area (Å²) in [7, 11) is 4.26. The van der Waals surface area contributed by atoms with Gasteiger partial charge in [0.1, 0.15) is 5.82 Å². The third kappa shape index (κ3) is 4.44. The molecule has 0 N–H and O–H groups in total. The lowest BCUT2D eigenvalue weighted by molar-refractivity contribution is 0.112. The van der Waals surface area contributed by atoms with Gasteiger partial charge in [0.05, 0.1) is 13.2 Å². The van der Waals surface area contributed by atoms with Crippen LogP contribution in [0.2, 0.25) is 0 Å². The number of rotatable bonds is 5. The molecule has 24 heavy (non-hydrogen) atoms. The van der Waals surface area contributed by atoms with Crippen LogP contribution in [0.4, 0.5) is 0 Å².